The molecule has 0 saturated heterocycles. The maximum Gasteiger partial charge on any atom is 0.407 e. The number of rotatable bonds is 7. The standard InChI is InChI=1S/C25H25NO4/c1-29-24-13-7-6-12-21(24)23(14-15-27)26-25(28)30-16-22-19-10-4-2-8-17(19)18-9-3-5-11-20(18)22/h2-13,22-23,27H,14-16H2,1H3,(H,26,28)/t23-/m0/s1. The molecule has 30 heavy (non-hydrogen) atoms. The van der Waals surface area contributed by atoms with Gasteiger partial charge in [0.25, 0.3) is 0 Å². The van der Waals surface area contributed by atoms with E-state index in [1.54, 1.807) is 7.11 Å². The fourth-order valence-electron chi connectivity index (χ4n) is 4.17. The molecule has 2 N–H and O–H groups in total. The Morgan fingerprint density at radius 1 is 0.967 bits per heavy atom. The summed E-state index contributed by atoms with van der Waals surface area (Å²) in [5, 5.41) is 12.3. The van der Waals surface area contributed by atoms with E-state index in [9.17, 15) is 9.90 Å². The largest absolute Gasteiger partial charge is 0.496 e. The molecule has 1 atom stereocenters. The molecular weight excluding hydrogens is 378 g/mol. The third-order valence-corrected chi connectivity index (χ3v) is 5.57. The lowest BCUT2D eigenvalue weighted by molar-refractivity contribution is 0.136. The Kier molecular flexibility index (Phi) is 6.00. The van der Waals surface area contributed by atoms with Gasteiger partial charge in [-0.05, 0) is 34.7 Å². The molecule has 154 valence electrons. The van der Waals surface area contributed by atoms with Crippen LogP contribution in [-0.4, -0.2) is 31.5 Å². The number of carbonyl (C=O) groups excluding carboxylic acids is 1. The summed E-state index contributed by atoms with van der Waals surface area (Å²) in [7, 11) is 1.59. The highest BCUT2D eigenvalue weighted by Gasteiger charge is 2.29. The first-order chi connectivity index (χ1) is 14.7. The Labute approximate surface area is 176 Å². The lowest BCUT2D eigenvalue weighted by Gasteiger charge is -2.21. The van der Waals surface area contributed by atoms with Crippen LogP contribution in [0.2, 0.25) is 0 Å². The Hall–Kier alpha value is -3.31. The smallest absolute Gasteiger partial charge is 0.407 e. The van der Waals surface area contributed by atoms with Crippen molar-refractivity contribution in [1.29, 1.82) is 0 Å². The molecule has 4 rings (SSSR count). The molecule has 3 aromatic carbocycles. The van der Waals surface area contributed by atoms with Gasteiger partial charge < -0.3 is 19.9 Å². The quantitative estimate of drug-likeness (QED) is 0.602. The highest BCUT2D eigenvalue weighted by atomic mass is 16.5. The zero-order chi connectivity index (χ0) is 20.9. The van der Waals surface area contributed by atoms with Crippen molar-refractivity contribution in [3.63, 3.8) is 0 Å². The van der Waals surface area contributed by atoms with Crippen LogP contribution < -0.4 is 10.1 Å². The summed E-state index contributed by atoms with van der Waals surface area (Å²) in [6, 6.07) is 23.5. The summed E-state index contributed by atoms with van der Waals surface area (Å²) in [5.41, 5.74) is 5.53. The van der Waals surface area contributed by atoms with Gasteiger partial charge in [-0.3, -0.25) is 0 Å². The number of methoxy groups -OCH3 is 1. The predicted molar refractivity (Wildman–Crippen MR) is 116 cm³/mol. The summed E-state index contributed by atoms with van der Waals surface area (Å²) in [5.74, 6) is 0.667. The van der Waals surface area contributed by atoms with Crippen molar-refractivity contribution in [2.45, 2.75) is 18.4 Å². The van der Waals surface area contributed by atoms with Crippen molar-refractivity contribution in [2.24, 2.45) is 0 Å². The molecule has 3 aromatic rings. The Bertz CT molecular complexity index is 987. The maximum atomic E-state index is 12.6. The average Bonchev–Trinajstić information content (AvgIpc) is 3.11. The number of para-hydroxylation sites is 1. The van der Waals surface area contributed by atoms with Crippen LogP contribution in [0.4, 0.5) is 4.79 Å². The van der Waals surface area contributed by atoms with Crippen LogP contribution in [0.25, 0.3) is 11.1 Å². The zero-order valence-corrected chi connectivity index (χ0v) is 16.9. The number of hydrogen-bond donors (Lipinski definition) is 2. The third kappa shape index (κ3) is 3.89. The molecule has 0 bridgehead atoms. The minimum atomic E-state index is -0.513. The van der Waals surface area contributed by atoms with Crippen LogP contribution in [0.15, 0.2) is 72.8 Å². The molecule has 0 saturated carbocycles. The highest BCUT2D eigenvalue weighted by Crippen LogP contribution is 2.44. The molecule has 1 aliphatic carbocycles. The van der Waals surface area contributed by atoms with Crippen LogP contribution in [0.3, 0.4) is 0 Å². The van der Waals surface area contributed by atoms with Crippen LogP contribution in [0, 0.1) is 0 Å². The van der Waals surface area contributed by atoms with E-state index in [-0.39, 0.29) is 19.1 Å². The van der Waals surface area contributed by atoms with E-state index in [1.165, 1.54) is 22.3 Å². The fourth-order valence-corrected chi connectivity index (χ4v) is 4.17. The third-order valence-electron chi connectivity index (χ3n) is 5.57. The summed E-state index contributed by atoms with van der Waals surface area (Å²) < 4.78 is 11.0. The van der Waals surface area contributed by atoms with Crippen molar-refractivity contribution in [1.82, 2.24) is 5.32 Å². The highest BCUT2D eigenvalue weighted by molar-refractivity contribution is 5.79. The molecule has 0 unspecified atom stereocenters. The summed E-state index contributed by atoms with van der Waals surface area (Å²) in [4.78, 5) is 12.6. The number of alkyl carbamates (subject to hydrolysis) is 1. The second-order valence-electron chi connectivity index (χ2n) is 7.28. The van der Waals surface area contributed by atoms with E-state index < -0.39 is 12.1 Å². The van der Waals surface area contributed by atoms with Gasteiger partial charge in [0.15, 0.2) is 0 Å². The van der Waals surface area contributed by atoms with Gasteiger partial charge in [0, 0.05) is 18.1 Å². The number of amides is 1. The van der Waals surface area contributed by atoms with Gasteiger partial charge in [0.1, 0.15) is 12.4 Å². The Balaban J connectivity index is 1.48. The summed E-state index contributed by atoms with van der Waals surface area (Å²) in [6.45, 7) is 0.185. The normalized spacial score (nSPS) is 13.3. The molecule has 1 amide bonds. The van der Waals surface area contributed by atoms with Crippen molar-refractivity contribution in [2.75, 3.05) is 20.3 Å². The molecule has 0 spiro atoms. The zero-order valence-electron chi connectivity index (χ0n) is 16.9. The Morgan fingerprint density at radius 2 is 1.57 bits per heavy atom. The molecule has 0 heterocycles. The van der Waals surface area contributed by atoms with E-state index in [4.69, 9.17) is 9.47 Å². The molecule has 5 nitrogen and oxygen atoms in total. The molecule has 0 fully saturated rings. The molecule has 0 aliphatic heterocycles. The number of aliphatic hydroxyl groups excluding tert-OH is 1. The van der Waals surface area contributed by atoms with Crippen molar-refractivity contribution >= 4 is 6.09 Å². The lowest BCUT2D eigenvalue weighted by Crippen LogP contribution is -2.31. The second kappa shape index (κ2) is 9.01. The van der Waals surface area contributed by atoms with Gasteiger partial charge in [-0.25, -0.2) is 4.79 Å². The molecule has 5 heteroatoms. The number of nitrogens with one attached hydrogen (secondary N) is 1. The fraction of sp³-hybridized carbons (Fsp3) is 0.240. The first-order valence-corrected chi connectivity index (χ1v) is 10.1. The predicted octanol–water partition coefficient (Wildman–Crippen LogP) is 4.66. The van der Waals surface area contributed by atoms with E-state index in [2.05, 4.69) is 29.6 Å². The number of fused-ring (bicyclic) bond motifs is 3. The molecule has 1 aliphatic rings. The number of benzene rings is 3. The maximum absolute atomic E-state index is 12.6. The monoisotopic (exact) mass is 403 g/mol. The van der Waals surface area contributed by atoms with Crippen LogP contribution >= 0.6 is 0 Å². The minimum Gasteiger partial charge on any atom is -0.496 e. The van der Waals surface area contributed by atoms with E-state index in [0.29, 0.717) is 12.2 Å². The van der Waals surface area contributed by atoms with Gasteiger partial charge in [-0.15, -0.1) is 0 Å². The first kappa shape index (κ1) is 20.0. The summed E-state index contributed by atoms with van der Waals surface area (Å²) in [6.07, 6.45) is -0.147. The van der Waals surface area contributed by atoms with Crippen molar-refractivity contribution in [3.05, 3.63) is 89.5 Å². The van der Waals surface area contributed by atoms with E-state index in [0.717, 1.165) is 5.56 Å². The summed E-state index contributed by atoms with van der Waals surface area (Å²) >= 11 is 0. The average molecular weight is 403 g/mol. The number of aliphatic hydroxyl groups is 1. The topological polar surface area (TPSA) is 67.8 Å². The molecular formula is C25H25NO4. The number of carbonyl (C=O) groups is 1. The van der Waals surface area contributed by atoms with Crippen LogP contribution in [0.5, 0.6) is 5.75 Å². The van der Waals surface area contributed by atoms with Gasteiger partial charge in [-0.1, -0.05) is 66.7 Å². The van der Waals surface area contributed by atoms with E-state index >= 15 is 0 Å². The minimum absolute atomic E-state index is 0.00528. The molecule has 0 aromatic heterocycles. The van der Waals surface area contributed by atoms with Crippen LogP contribution in [-0.2, 0) is 4.74 Å². The lowest BCUT2D eigenvalue weighted by atomic mass is 9.98. The van der Waals surface area contributed by atoms with Crippen LogP contribution in [0.1, 0.15) is 35.1 Å². The van der Waals surface area contributed by atoms with Crippen molar-refractivity contribution in [3.8, 4) is 16.9 Å². The second-order valence-corrected chi connectivity index (χ2v) is 7.28. The number of hydrogen-bond acceptors (Lipinski definition) is 4. The van der Waals surface area contributed by atoms with Gasteiger partial charge in [0.05, 0.1) is 13.2 Å². The van der Waals surface area contributed by atoms with Crippen molar-refractivity contribution < 1.29 is 19.4 Å². The van der Waals surface area contributed by atoms with Gasteiger partial charge in [0.2, 0.25) is 0 Å². The van der Waals surface area contributed by atoms with Gasteiger partial charge >= 0.3 is 6.09 Å². The first-order valence-electron chi connectivity index (χ1n) is 10.1. The SMILES string of the molecule is COc1ccccc1[C@H](CCO)NC(=O)OCC1c2ccccc2-c2ccccc21. The van der Waals surface area contributed by atoms with E-state index in [1.807, 2.05) is 48.5 Å². The number of ether oxygens (including phenoxy) is 2. The van der Waals surface area contributed by atoms with Gasteiger partial charge in [-0.2, -0.15) is 0 Å². The Morgan fingerprint density at radius 3 is 2.20 bits per heavy atom. The molecule has 0 radical (unpaired) electrons.